The monoisotopic (exact) mass is 260 g/mol. The van der Waals surface area contributed by atoms with E-state index < -0.39 is 0 Å². The van der Waals surface area contributed by atoms with Gasteiger partial charge in [0.25, 0.3) is 0 Å². The Morgan fingerprint density at radius 3 is 2.68 bits per heavy atom. The standard InChI is InChI=1S/C15H24N4/c1-12(2)15(16-3)13-6-9-19(11-13)10-7-14-5-8-17-18(14)4/h5-6,8-9,11-12,15-16H,7,10H2,1-4H3. The van der Waals surface area contributed by atoms with Crippen molar-refractivity contribution in [2.45, 2.75) is 32.9 Å². The molecule has 0 aromatic carbocycles. The number of rotatable bonds is 6. The van der Waals surface area contributed by atoms with Crippen LogP contribution in [0.15, 0.2) is 30.7 Å². The number of nitrogens with zero attached hydrogens (tertiary/aromatic N) is 3. The van der Waals surface area contributed by atoms with Crippen LogP contribution in [0.25, 0.3) is 0 Å². The Labute approximate surface area is 115 Å². The van der Waals surface area contributed by atoms with E-state index in [2.05, 4.69) is 53.4 Å². The van der Waals surface area contributed by atoms with E-state index in [0.717, 1.165) is 13.0 Å². The first-order chi connectivity index (χ1) is 9.11. The van der Waals surface area contributed by atoms with Crippen molar-refractivity contribution in [3.8, 4) is 0 Å². The fourth-order valence-electron chi connectivity index (χ4n) is 2.56. The lowest BCUT2D eigenvalue weighted by atomic mass is 9.99. The molecule has 0 aliphatic carbocycles. The van der Waals surface area contributed by atoms with Gasteiger partial charge in [0.2, 0.25) is 0 Å². The van der Waals surface area contributed by atoms with E-state index in [-0.39, 0.29) is 0 Å². The number of nitrogens with one attached hydrogen (secondary N) is 1. The van der Waals surface area contributed by atoms with Gasteiger partial charge in [0.1, 0.15) is 0 Å². The van der Waals surface area contributed by atoms with Gasteiger partial charge in [-0.2, -0.15) is 5.10 Å². The molecule has 1 N–H and O–H groups in total. The van der Waals surface area contributed by atoms with Gasteiger partial charge in [0, 0.05) is 50.3 Å². The highest BCUT2D eigenvalue weighted by atomic mass is 15.3. The minimum absolute atomic E-state index is 0.429. The Morgan fingerprint density at radius 1 is 1.32 bits per heavy atom. The zero-order valence-corrected chi connectivity index (χ0v) is 12.3. The third kappa shape index (κ3) is 3.26. The summed E-state index contributed by atoms with van der Waals surface area (Å²) in [7, 11) is 4.02. The Morgan fingerprint density at radius 2 is 2.11 bits per heavy atom. The Hall–Kier alpha value is -1.55. The average Bonchev–Trinajstić information content (AvgIpc) is 2.97. The molecule has 0 saturated heterocycles. The zero-order valence-electron chi connectivity index (χ0n) is 12.3. The van der Waals surface area contributed by atoms with E-state index in [1.807, 2.05) is 25.0 Å². The van der Waals surface area contributed by atoms with Gasteiger partial charge < -0.3 is 9.88 Å². The molecule has 0 radical (unpaired) electrons. The Balaban J connectivity index is 1.99. The summed E-state index contributed by atoms with van der Waals surface area (Å²) in [4.78, 5) is 0. The molecule has 0 aliphatic rings. The minimum Gasteiger partial charge on any atom is -0.354 e. The number of hydrogen-bond acceptors (Lipinski definition) is 2. The summed E-state index contributed by atoms with van der Waals surface area (Å²) in [6.45, 7) is 5.48. The van der Waals surface area contributed by atoms with Crippen LogP contribution in [0.4, 0.5) is 0 Å². The molecule has 0 saturated carbocycles. The average molecular weight is 260 g/mol. The predicted octanol–water partition coefficient (Wildman–Crippen LogP) is 2.38. The lowest BCUT2D eigenvalue weighted by molar-refractivity contribution is 0.442. The molecule has 1 unspecified atom stereocenters. The van der Waals surface area contributed by atoms with Crippen molar-refractivity contribution in [1.29, 1.82) is 0 Å². The molecule has 2 rings (SSSR count). The van der Waals surface area contributed by atoms with Gasteiger partial charge in [0.05, 0.1) is 0 Å². The van der Waals surface area contributed by atoms with E-state index in [1.54, 1.807) is 0 Å². The topological polar surface area (TPSA) is 34.8 Å². The van der Waals surface area contributed by atoms with Crippen molar-refractivity contribution < 1.29 is 0 Å². The van der Waals surface area contributed by atoms with E-state index in [9.17, 15) is 0 Å². The zero-order chi connectivity index (χ0) is 13.8. The van der Waals surface area contributed by atoms with Crippen molar-refractivity contribution in [3.63, 3.8) is 0 Å². The van der Waals surface area contributed by atoms with Crippen molar-refractivity contribution in [1.82, 2.24) is 19.7 Å². The van der Waals surface area contributed by atoms with E-state index >= 15 is 0 Å². The number of aryl methyl sites for hydroxylation is 3. The fourth-order valence-corrected chi connectivity index (χ4v) is 2.56. The third-order valence-electron chi connectivity index (χ3n) is 3.66. The van der Waals surface area contributed by atoms with Gasteiger partial charge in [-0.1, -0.05) is 13.8 Å². The summed E-state index contributed by atoms with van der Waals surface area (Å²) in [5.41, 5.74) is 2.63. The van der Waals surface area contributed by atoms with Crippen LogP contribution in [0, 0.1) is 5.92 Å². The van der Waals surface area contributed by atoms with Crippen LogP contribution in [0.1, 0.15) is 31.1 Å². The first kappa shape index (κ1) is 13.9. The van der Waals surface area contributed by atoms with Crippen LogP contribution in [0.3, 0.4) is 0 Å². The lowest BCUT2D eigenvalue weighted by Crippen LogP contribution is -2.21. The Bertz CT molecular complexity index is 510. The molecule has 2 aromatic heterocycles. The molecule has 0 amide bonds. The summed E-state index contributed by atoms with van der Waals surface area (Å²) in [6, 6.07) is 4.72. The fraction of sp³-hybridized carbons (Fsp3) is 0.533. The molecule has 4 nitrogen and oxygen atoms in total. The van der Waals surface area contributed by atoms with Crippen LogP contribution in [0.5, 0.6) is 0 Å². The van der Waals surface area contributed by atoms with Crippen LogP contribution in [0.2, 0.25) is 0 Å². The Kier molecular flexibility index (Phi) is 4.43. The first-order valence-corrected chi connectivity index (χ1v) is 6.91. The lowest BCUT2D eigenvalue weighted by Gasteiger charge is -2.18. The molecule has 104 valence electrons. The third-order valence-corrected chi connectivity index (χ3v) is 3.66. The quantitative estimate of drug-likeness (QED) is 0.865. The molecule has 4 heteroatoms. The van der Waals surface area contributed by atoms with E-state index in [0.29, 0.717) is 12.0 Å². The molecule has 19 heavy (non-hydrogen) atoms. The molecular weight excluding hydrogens is 236 g/mol. The summed E-state index contributed by atoms with van der Waals surface area (Å²) in [5, 5.41) is 7.58. The van der Waals surface area contributed by atoms with Crippen LogP contribution in [-0.2, 0) is 20.0 Å². The van der Waals surface area contributed by atoms with E-state index in [1.165, 1.54) is 11.3 Å². The highest BCUT2D eigenvalue weighted by Gasteiger charge is 2.14. The van der Waals surface area contributed by atoms with Crippen LogP contribution >= 0.6 is 0 Å². The molecule has 2 aromatic rings. The van der Waals surface area contributed by atoms with Gasteiger partial charge in [-0.3, -0.25) is 4.68 Å². The second-order valence-electron chi connectivity index (χ2n) is 5.39. The largest absolute Gasteiger partial charge is 0.354 e. The van der Waals surface area contributed by atoms with Crippen molar-refractivity contribution in [2.24, 2.45) is 13.0 Å². The molecule has 2 heterocycles. The van der Waals surface area contributed by atoms with Crippen molar-refractivity contribution in [2.75, 3.05) is 7.05 Å². The SMILES string of the molecule is CNC(c1ccn(CCc2ccnn2C)c1)C(C)C. The minimum atomic E-state index is 0.429. The maximum atomic E-state index is 4.20. The highest BCUT2D eigenvalue weighted by molar-refractivity contribution is 5.16. The van der Waals surface area contributed by atoms with Crippen LogP contribution in [-0.4, -0.2) is 21.4 Å². The molecule has 0 spiro atoms. The second kappa shape index (κ2) is 6.06. The summed E-state index contributed by atoms with van der Waals surface area (Å²) in [5.74, 6) is 0.595. The summed E-state index contributed by atoms with van der Waals surface area (Å²) in [6.07, 6.45) is 7.28. The van der Waals surface area contributed by atoms with Gasteiger partial charge in [-0.15, -0.1) is 0 Å². The van der Waals surface area contributed by atoms with Crippen molar-refractivity contribution in [3.05, 3.63) is 42.0 Å². The molecular formula is C15H24N4. The van der Waals surface area contributed by atoms with Gasteiger partial charge in [-0.25, -0.2) is 0 Å². The van der Waals surface area contributed by atoms with Crippen molar-refractivity contribution >= 4 is 0 Å². The van der Waals surface area contributed by atoms with Crippen LogP contribution < -0.4 is 5.32 Å². The molecule has 0 aliphatic heterocycles. The first-order valence-electron chi connectivity index (χ1n) is 6.91. The molecule has 0 fully saturated rings. The summed E-state index contributed by atoms with van der Waals surface area (Å²) < 4.78 is 4.20. The van der Waals surface area contributed by atoms with Gasteiger partial charge >= 0.3 is 0 Å². The number of hydrogen-bond donors (Lipinski definition) is 1. The number of aromatic nitrogens is 3. The maximum Gasteiger partial charge on any atom is 0.0492 e. The van der Waals surface area contributed by atoms with Gasteiger partial charge in [0.15, 0.2) is 0 Å². The summed E-state index contributed by atoms with van der Waals surface area (Å²) >= 11 is 0. The predicted molar refractivity (Wildman–Crippen MR) is 78.0 cm³/mol. The maximum absolute atomic E-state index is 4.20. The highest BCUT2D eigenvalue weighted by Crippen LogP contribution is 2.21. The molecule has 1 atom stereocenters. The van der Waals surface area contributed by atoms with E-state index in [4.69, 9.17) is 0 Å². The smallest absolute Gasteiger partial charge is 0.0492 e. The normalized spacial score (nSPS) is 13.1. The van der Waals surface area contributed by atoms with Gasteiger partial charge in [-0.05, 0) is 30.7 Å². The molecule has 0 bridgehead atoms. The second-order valence-corrected chi connectivity index (χ2v) is 5.39.